The highest BCUT2D eigenvalue weighted by atomic mass is 19.1. The summed E-state index contributed by atoms with van der Waals surface area (Å²) in [5.41, 5.74) is 5.11. The molecular weight excluding hydrogens is 443 g/mol. The largest absolute Gasteiger partial charge is 0.480 e. The van der Waals surface area contributed by atoms with Gasteiger partial charge in [-0.25, -0.2) is 9.18 Å². The normalized spacial score (nSPS) is 18.0. The van der Waals surface area contributed by atoms with Crippen LogP contribution in [0.2, 0.25) is 0 Å². The van der Waals surface area contributed by atoms with Crippen LogP contribution in [0.1, 0.15) is 50.3 Å². The topological polar surface area (TPSA) is 64.4 Å². The van der Waals surface area contributed by atoms with Gasteiger partial charge in [0.15, 0.2) is 0 Å². The summed E-state index contributed by atoms with van der Waals surface area (Å²) in [5, 5.41) is 13.9. The molecule has 0 unspecified atom stereocenters. The molecule has 2 aromatic carbocycles. The van der Waals surface area contributed by atoms with E-state index in [1.165, 1.54) is 0 Å². The number of benzene rings is 2. The Morgan fingerprint density at radius 3 is 2.49 bits per heavy atom. The minimum Gasteiger partial charge on any atom is -0.480 e. The average molecular weight is 479 g/mol. The average Bonchev–Trinajstić information content (AvgIpc) is 3.20. The fourth-order valence-corrected chi connectivity index (χ4v) is 5.20. The quantitative estimate of drug-likeness (QED) is 0.360. The Labute approximate surface area is 206 Å². The number of carboxylic acid groups (broad SMARTS) is 1. The van der Waals surface area contributed by atoms with E-state index < -0.39 is 5.97 Å². The van der Waals surface area contributed by atoms with Crippen LogP contribution in [-0.4, -0.2) is 34.1 Å². The van der Waals surface area contributed by atoms with Crippen LogP contribution in [0.4, 0.5) is 4.39 Å². The Kier molecular flexibility index (Phi) is 8.34. The van der Waals surface area contributed by atoms with Gasteiger partial charge in [0, 0.05) is 28.9 Å². The molecule has 35 heavy (non-hydrogen) atoms. The second-order valence-electron chi connectivity index (χ2n) is 9.70. The van der Waals surface area contributed by atoms with Gasteiger partial charge < -0.3 is 9.84 Å². The first kappa shape index (κ1) is 25.1. The third kappa shape index (κ3) is 5.99. The lowest BCUT2D eigenvalue weighted by Gasteiger charge is -2.28. The maximum Gasteiger partial charge on any atom is 0.329 e. The lowest BCUT2D eigenvalue weighted by molar-refractivity contribution is -0.142. The maximum absolute atomic E-state index is 15.4. The monoisotopic (exact) mass is 478 g/mol. The lowest BCUT2D eigenvalue weighted by Crippen LogP contribution is -2.23. The first-order valence-electron chi connectivity index (χ1n) is 12.7. The van der Waals surface area contributed by atoms with E-state index in [4.69, 9.17) is 14.9 Å². The molecule has 0 bridgehead atoms. The molecule has 1 saturated carbocycles. The number of rotatable bonds is 10. The Hall–Kier alpha value is -2.99. The zero-order valence-corrected chi connectivity index (χ0v) is 20.7. The van der Waals surface area contributed by atoms with Gasteiger partial charge >= 0.3 is 5.97 Å². The van der Waals surface area contributed by atoms with E-state index in [2.05, 4.69) is 11.6 Å². The van der Waals surface area contributed by atoms with Crippen LogP contribution >= 0.6 is 0 Å². The summed E-state index contributed by atoms with van der Waals surface area (Å²) >= 11 is 0. The first-order valence-corrected chi connectivity index (χ1v) is 12.7. The third-order valence-electron chi connectivity index (χ3n) is 7.03. The van der Waals surface area contributed by atoms with Crippen molar-refractivity contribution in [2.45, 2.75) is 58.9 Å². The molecular formula is C29H35FN2O3. The van der Waals surface area contributed by atoms with Gasteiger partial charge in [-0.3, -0.25) is 4.68 Å². The molecule has 6 heteroatoms. The van der Waals surface area contributed by atoms with Crippen molar-refractivity contribution in [2.24, 2.45) is 11.8 Å². The molecule has 4 rings (SSSR count). The van der Waals surface area contributed by atoms with Gasteiger partial charge in [0.05, 0.1) is 6.61 Å². The number of aromatic nitrogens is 2. The molecule has 1 fully saturated rings. The van der Waals surface area contributed by atoms with Crippen LogP contribution in [-0.2, 0) is 22.5 Å². The number of nitrogens with zero attached hydrogens (tertiary/aromatic N) is 2. The molecule has 1 heterocycles. The molecule has 5 nitrogen and oxygen atoms in total. The van der Waals surface area contributed by atoms with Gasteiger partial charge in [-0.15, -0.1) is 0 Å². The van der Waals surface area contributed by atoms with Gasteiger partial charge in [-0.2, -0.15) is 5.10 Å². The molecule has 1 N–H and O–H groups in total. The maximum atomic E-state index is 15.4. The van der Waals surface area contributed by atoms with E-state index >= 15 is 4.39 Å². The summed E-state index contributed by atoms with van der Waals surface area (Å²) in [6.45, 7) is 5.05. The molecule has 0 saturated heterocycles. The summed E-state index contributed by atoms with van der Waals surface area (Å²) in [6.07, 6.45) is 5.96. The minimum absolute atomic E-state index is 0.177. The first-order chi connectivity index (χ1) is 17.0. The van der Waals surface area contributed by atoms with Crippen molar-refractivity contribution in [1.29, 1.82) is 0 Å². The number of aliphatic carboxylic acids is 1. The molecule has 0 amide bonds. The van der Waals surface area contributed by atoms with E-state index in [-0.39, 0.29) is 12.4 Å². The molecule has 1 aromatic heterocycles. The summed E-state index contributed by atoms with van der Waals surface area (Å²) in [6, 6.07) is 15.7. The van der Waals surface area contributed by atoms with Crippen LogP contribution in [0.15, 0.2) is 48.5 Å². The lowest BCUT2D eigenvalue weighted by atomic mass is 9.82. The van der Waals surface area contributed by atoms with Gasteiger partial charge in [-0.1, -0.05) is 61.9 Å². The SMILES string of the molecule is CCCc1c(-c2cccc(C)c2F)c(-c2ccccc2)nn1C[C@H]1CC[C@H](COCC(=O)O)CC1. The van der Waals surface area contributed by atoms with Crippen molar-refractivity contribution in [3.05, 3.63) is 65.6 Å². The Morgan fingerprint density at radius 2 is 1.80 bits per heavy atom. The highest BCUT2D eigenvalue weighted by Gasteiger charge is 2.27. The van der Waals surface area contributed by atoms with Crippen LogP contribution in [0.5, 0.6) is 0 Å². The summed E-state index contributed by atoms with van der Waals surface area (Å²) in [7, 11) is 0. The van der Waals surface area contributed by atoms with Crippen molar-refractivity contribution in [3.8, 4) is 22.4 Å². The molecule has 0 atom stereocenters. The van der Waals surface area contributed by atoms with Gasteiger partial charge in [0.2, 0.25) is 0 Å². The molecule has 0 radical (unpaired) electrons. The van der Waals surface area contributed by atoms with Crippen molar-refractivity contribution in [2.75, 3.05) is 13.2 Å². The van der Waals surface area contributed by atoms with Crippen LogP contribution < -0.4 is 0 Å². The van der Waals surface area contributed by atoms with Gasteiger partial charge in [0.1, 0.15) is 18.1 Å². The second-order valence-corrected chi connectivity index (χ2v) is 9.70. The highest BCUT2D eigenvalue weighted by molar-refractivity contribution is 5.83. The van der Waals surface area contributed by atoms with E-state index in [9.17, 15) is 4.79 Å². The number of hydrogen-bond donors (Lipinski definition) is 1. The van der Waals surface area contributed by atoms with Crippen molar-refractivity contribution in [3.63, 3.8) is 0 Å². The molecule has 1 aliphatic carbocycles. The number of halogens is 1. The van der Waals surface area contributed by atoms with E-state index in [0.29, 0.717) is 29.6 Å². The fourth-order valence-electron chi connectivity index (χ4n) is 5.20. The Balaban J connectivity index is 1.62. The number of aryl methyl sites for hydroxylation is 1. The zero-order chi connectivity index (χ0) is 24.8. The van der Waals surface area contributed by atoms with Gasteiger partial charge in [-0.05, 0) is 56.4 Å². The van der Waals surface area contributed by atoms with Crippen molar-refractivity contribution >= 4 is 5.97 Å². The molecule has 1 aliphatic rings. The molecule has 186 valence electrons. The summed E-state index contributed by atoms with van der Waals surface area (Å²) < 4.78 is 22.8. The predicted octanol–water partition coefficient (Wildman–Crippen LogP) is 6.52. The van der Waals surface area contributed by atoms with Crippen LogP contribution in [0.25, 0.3) is 22.4 Å². The summed E-state index contributed by atoms with van der Waals surface area (Å²) in [5.74, 6) is -0.199. The van der Waals surface area contributed by atoms with E-state index in [0.717, 1.165) is 67.6 Å². The second kappa shape index (κ2) is 11.6. The van der Waals surface area contributed by atoms with Crippen LogP contribution in [0.3, 0.4) is 0 Å². The predicted molar refractivity (Wildman–Crippen MR) is 136 cm³/mol. The Bertz CT molecular complexity index is 1130. The van der Waals surface area contributed by atoms with Crippen LogP contribution in [0, 0.1) is 24.6 Å². The zero-order valence-electron chi connectivity index (χ0n) is 20.7. The van der Waals surface area contributed by atoms with E-state index in [1.54, 1.807) is 0 Å². The summed E-state index contributed by atoms with van der Waals surface area (Å²) in [4.78, 5) is 10.7. The highest BCUT2D eigenvalue weighted by Crippen LogP contribution is 2.38. The fraction of sp³-hybridized carbons (Fsp3) is 0.448. The third-order valence-corrected chi connectivity index (χ3v) is 7.03. The number of carbonyl (C=O) groups is 1. The molecule has 0 spiro atoms. The van der Waals surface area contributed by atoms with E-state index in [1.807, 2.05) is 55.5 Å². The van der Waals surface area contributed by atoms with Crippen molar-refractivity contribution < 1.29 is 19.0 Å². The van der Waals surface area contributed by atoms with Gasteiger partial charge in [0.25, 0.3) is 0 Å². The standard InChI is InChI=1S/C29H35FN2O3/c1-3-8-25-27(24-12-7-9-20(2)28(24)30)29(23-10-5-4-6-11-23)31-32(25)17-21-13-15-22(16-14-21)18-35-19-26(33)34/h4-7,9-12,21-22H,3,8,13-19H2,1-2H3,(H,33,34)/t21-,22-. The smallest absolute Gasteiger partial charge is 0.329 e. The number of ether oxygens (including phenoxy) is 1. The van der Waals surface area contributed by atoms with Crippen molar-refractivity contribution in [1.82, 2.24) is 9.78 Å². The number of carboxylic acids is 1. The molecule has 3 aromatic rings. The Morgan fingerprint density at radius 1 is 1.09 bits per heavy atom. The minimum atomic E-state index is -0.920. The number of hydrogen-bond acceptors (Lipinski definition) is 3. The molecule has 0 aliphatic heterocycles.